The number of halogens is 1. The molecule has 0 saturated carbocycles. The van der Waals surface area contributed by atoms with E-state index in [4.69, 9.17) is 16.3 Å². The van der Waals surface area contributed by atoms with Gasteiger partial charge in [0, 0.05) is 6.54 Å². The normalized spacial score (nSPS) is 13.1. The minimum Gasteiger partial charge on any atom is -0.492 e. The molecule has 0 aliphatic carbocycles. The number of rotatable bonds is 8. The quantitative estimate of drug-likeness (QED) is 0.326. The summed E-state index contributed by atoms with van der Waals surface area (Å²) in [6.45, 7) is 3.59. The number of ether oxygens (including phenoxy) is 1. The Bertz CT molecular complexity index is 916. The molecule has 0 amide bonds. The van der Waals surface area contributed by atoms with Gasteiger partial charge in [0.15, 0.2) is 0 Å². The fourth-order valence-electron chi connectivity index (χ4n) is 3.34. The first-order valence-corrected chi connectivity index (χ1v) is 10.4. The molecule has 3 heteroatoms. The monoisotopic (exact) mass is 405 g/mol. The maximum atomic E-state index is 6.72. The van der Waals surface area contributed by atoms with Crippen LogP contribution in [-0.4, -0.2) is 37.5 Å². The summed E-state index contributed by atoms with van der Waals surface area (Å²) in [6.07, 6.45) is 0. The Balaban J connectivity index is 2.05. The fourth-order valence-corrected chi connectivity index (χ4v) is 3.57. The lowest BCUT2D eigenvalue weighted by atomic mass is 9.88. The van der Waals surface area contributed by atoms with E-state index in [1.807, 2.05) is 45.3 Å². The van der Waals surface area contributed by atoms with E-state index in [0.717, 1.165) is 40.1 Å². The van der Waals surface area contributed by atoms with Crippen LogP contribution in [0.25, 0.3) is 11.1 Å². The summed E-state index contributed by atoms with van der Waals surface area (Å²) < 4.78 is 5.87. The molecule has 0 aliphatic heterocycles. The van der Waals surface area contributed by atoms with Crippen LogP contribution in [0.5, 0.6) is 5.75 Å². The Morgan fingerprint density at radius 3 is 1.83 bits per heavy atom. The number of hydrogen-bond acceptors (Lipinski definition) is 2. The average molecular weight is 406 g/mol. The van der Waals surface area contributed by atoms with Crippen molar-refractivity contribution in [3.63, 3.8) is 0 Å². The van der Waals surface area contributed by atoms with Gasteiger partial charge >= 0.3 is 0 Å². The van der Waals surface area contributed by atoms with E-state index in [0.29, 0.717) is 6.61 Å². The summed E-state index contributed by atoms with van der Waals surface area (Å²) in [7, 11) is 4.09. The molecule has 3 aromatic carbocycles. The molecule has 150 valence electrons. The second kappa shape index (κ2) is 10.3. The van der Waals surface area contributed by atoms with Crippen LogP contribution < -0.4 is 4.74 Å². The highest BCUT2D eigenvalue weighted by Gasteiger charge is 2.18. The number of hydrogen-bond donors (Lipinski definition) is 0. The van der Waals surface area contributed by atoms with Gasteiger partial charge < -0.3 is 9.64 Å². The minimum absolute atomic E-state index is 0.136. The Labute approximate surface area is 179 Å². The lowest BCUT2D eigenvalue weighted by Crippen LogP contribution is -2.19. The number of benzene rings is 3. The molecule has 0 heterocycles. The molecule has 1 unspecified atom stereocenters. The molecule has 0 saturated heterocycles. The van der Waals surface area contributed by atoms with Gasteiger partial charge in [-0.15, -0.1) is 11.6 Å². The van der Waals surface area contributed by atoms with Crippen molar-refractivity contribution in [2.75, 3.05) is 27.2 Å². The molecule has 3 rings (SSSR count). The van der Waals surface area contributed by atoms with Crippen molar-refractivity contribution in [3.05, 3.63) is 102 Å². The molecule has 2 nitrogen and oxygen atoms in total. The summed E-state index contributed by atoms with van der Waals surface area (Å²) >= 11 is 6.72. The maximum Gasteiger partial charge on any atom is 0.119 e. The van der Waals surface area contributed by atoms with Crippen molar-refractivity contribution in [1.82, 2.24) is 4.90 Å². The van der Waals surface area contributed by atoms with Crippen molar-refractivity contribution in [2.45, 2.75) is 12.3 Å². The highest BCUT2D eigenvalue weighted by Crippen LogP contribution is 2.36. The zero-order chi connectivity index (χ0) is 20.6. The molecular weight excluding hydrogens is 378 g/mol. The van der Waals surface area contributed by atoms with E-state index in [1.165, 1.54) is 0 Å². The zero-order valence-corrected chi connectivity index (χ0v) is 18.1. The molecule has 0 aromatic heterocycles. The first kappa shape index (κ1) is 21.2. The third kappa shape index (κ3) is 5.72. The van der Waals surface area contributed by atoms with Gasteiger partial charge in [0.25, 0.3) is 0 Å². The summed E-state index contributed by atoms with van der Waals surface area (Å²) in [5.74, 6) is 0.878. The van der Waals surface area contributed by atoms with Crippen LogP contribution in [0.4, 0.5) is 0 Å². The molecule has 0 spiro atoms. The molecular formula is C26H28ClNO. The van der Waals surface area contributed by atoms with E-state index in [1.54, 1.807) is 0 Å². The minimum atomic E-state index is -0.136. The summed E-state index contributed by atoms with van der Waals surface area (Å²) in [4.78, 5) is 2.11. The second-order valence-corrected chi connectivity index (χ2v) is 7.97. The number of alkyl halides is 1. The molecule has 0 N–H and O–H groups in total. The van der Waals surface area contributed by atoms with Crippen molar-refractivity contribution in [2.24, 2.45) is 0 Å². The van der Waals surface area contributed by atoms with E-state index in [2.05, 4.69) is 65.6 Å². The summed E-state index contributed by atoms with van der Waals surface area (Å²) in [5.41, 5.74) is 5.70. The SMILES string of the molecule is CC(Cl)/C(=C(\c1ccccc1)c1ccc(OCCN(C)C)cc1)c1ccccc1. The Morgan fingerprint density at radius 2 is 1.31 bits per heavy atom. The molecule has 0 radical (unpaired) electrons. The first-order chi connectivity index (χ1) is 14.1. The molecule has 0 aliphatic rings. The van der Waals surface area contributed by atoms with Gasteiger partial charge in [-0.2, -0.15) is 0 Å². The largest absolute Gasteiger partial charge is 0.492 e. The van der Waals surface area contributed by atoms with Gasteiger partial charge in [0.2, 0.25) is 0 Å². The second-order valence-electron chi connectivity index (χ2n) is 7.31. The molecule has 1 atom stereocenters. The highest BCUT2D eigenvalue weighted by molar-refractivity contribution is 6.28. The van der Waals surface area contributed by atoms with E-state index < -0.39 is 0 Å². The van der Waals surface area contributed by atoms with Crippen LogP contribution in [-0.2, 0) is 0 Å². The van der Waals surface area contributed by atoms with Crippen molar-refractivity contribution >= 4 is 22.7 Å². The Kier molecular flexibility index (Phi) is 7.51. The number of nitrogens with zero attached hydrogens (tertiary/aromatic N) is 1. The lowest BCUT2D eigenvalue weighted by Gasteiger charge is -2.19. The van der Waals surface area contributed by atoms with Crippen LogP contribution in [0.2, 0.25) is 0 Å². The molecule has 3 aromatic rings. The molecule has 29 heavy (non-hydrogen) atoms. The van der Waals surface area contributed by atoms with Crippen molar-refractivity contribution in [1.29, 1.82) is 0 Å². The third-order valence-electron chi connectivity index (χ3n) is 4.76. The molecule has 0 fully saturated rings. The average Bonchev–Trinajstić information content (AvgIpc) is 2.73. The van der Waals surface area contributed by atoms with Gasteiger partial charge in [-0.1, -0.05) is 72.8 Å². The van der Waals surface area contributed by atoms with Gasteiger partial charge in [0.05, 0.1) is 5.38 Å². The predicted octanol–water partition coefficient (Wildman–Crippen LogP) is 6.21. The van der Waals surface area contributed by atoms with E-state index in [9.17, 15) is 0 Å². The van der Waals surface area contributed by atoms with Gasteiger partial charge in [-0.3, -0.25) is 0 Å². The van der Waals surface area contributed by atoms with E-state index in [-0.39, 0.29) is 5.38 Å². The topological polar surface area (TPSA) is 12.5 Å². The predicted molar refractivity (Wildman–Crippen MR) is 125 cm³/mol. The summed E-state index contributed by atoms with van der Waals surface area (Å²) in [6, 6.07) is 29.1. The van der Waals surface area contributed by atoms with Crippen molar-refractivity contribution in [3.8, 4) is 5.75 Å². The van der Waals surface area contributed by atoms with Crippen LogP contribution in [0, 0.1) is 0 Å². The van der Waals surface area contributed by atoms with Crippen LogP contribution in [0.15, 0.2) is 84.9 Å². The third-order valence-corrected chi connectivity index (χ3v) is 4.98. The Hall–Kier alpha value is -2.55. The van der Waals surface area contributed by atoms with Crippen molar-refractivity contribution < 1.29 is 4.74 Å². The highest BCUT2D eigenvalue weighted by atomic mass is 35.5. The van der Waals surface area contributed by atoms with Gasteiger partial charge in [-0.25, -0.2) is 0 Å². The van der Waals surface area contributed by atoms with Crippen LogP contribution in [0.3, 0.4) is 0 Å². The lowest BCUT2D eigenvalue weighted by molar-refractivity contribution is 0.261. The molecule has 0 bridgehead atoms. The zero-order valence-electron chi connectivity index (χ0n) is 17.3. The smallest absolute Gasteiger partial charge is 0.119 e. The number of likely N-dealkylation sites (N-methyl/N-ethyl adjacent to an activating group) is 1. The van der Waals surface area contributed by atoms with Gasteiger partial charge in [0.1, 0.15) is 12.4 Å². The standard InChI is InChI=1S/C26H28ClNO/c1-20(27)25(21-10-6-4-7-11-21)26(22-12-8-5-9-13-22)23-14-16-24(17-15-23)29-19-18-28(2)3/h4-17,20H,18-19H2,1-3H3/b26-25-. The maximum absolute atomic E-state index is 6.72. The summed E-state index contributed by atoms with van der Waals surface area (Å²) in [5, 5.41) is -0.136. The first-order valence-electron chi connectivity index (χ1n) is 9.93. The van der Waals surface area contributed by atoms with Crippen LogP contribution >= 0.6 is 11.6 Å². The van der Waals surface area contributed by atoms with Gasteiger partial charge in [-0.05, 0) is 61.0 Å². The van der Waals surface area contributed by atoms with E-state index >= 15 is 0 Å². The number of allylic oxidation sites excluding steroid dienone is 1. The van der Waals surface area contributed by atoms with Crippen LogP contribution in [0.1, 0.15) is 23.6 Å². The fraction of sp³-hybridized carbons (Fsp3) is 0.231. The Morgan fingerprint density at radius 1 is 0.793 bits per heavy atom.